The number of allylic oxidation sites excluding steroid dienone is 4. The van der Waals surface area contributed by atoms with Gasteiger partial charge in [-0.1, -0.05) is 0 Å². The average Bonchev–Trinajstić information content (AvgIpc) is 3.31. The maximum atomic E-state index is 2.69. The fourth-order valence-electron chi connectivity index (χ4n) is 7.17. The zero-order chi connectivity index (χ0) is 29.2. The van der Waals surface area contributed by atoms with Crippen LogP contribution in [0.15, 0.2) is 45.3 Å². The van der Waals surface area contributed by atoms with Crippen molar-refractivity contribution in [3.05, 3.63) is 78.7 Å². The van der Waals surface area contributed by atoms with Crippen LogP contribution in [0.3, 0.4) is 0 Å². The van der Waals surface area contributed by atoms with Gasteiger partial charge in [-0.2, -0.15) is 0 Å². The molecule has 2 aliphatic rings. The molecule has 2 aliphatic carbocycles. The number of benzene rings is 2. The summed E-state index contributed by atoms with van der Waals surface area (Å²) in [6.45, 7) is 33.4. The van der Waals surface area contributed by atoms with E-state index >= 15 is 0 Å². The molecule has 224 valence electrons. The van der Waals surface area contributed by atoms with Gasteiger partial charge in [0.25, 0.3) is 0 Å². The molecule has 1 unspecified atom stereocenters. The predicted octanol–water partition coefficient (Wildman–Crippen LogP) is 5.09. The van der Waals surface area contributed by atoms with Crippen molar-refractivity contribution >= 4 is 3.21 Å². The minimum absolute atomic E-state index is 0. The van der Waals surface area contributed by atoms with E-state index in [4.69, 9.17) is 0 Å². The molecule has 0 nitrogen and oxygen atoms in total. The Hall–Kier alpha value is -0.747. The molecule has 0 bridgehead atoms. The van der Waals surface area contributed by atoms with Gasteiger partial charge in [0.05, 0.1) is 0 Å². The van der Waals surface area contributed by atoms with Crippen LogP contribution in [0.4, 0.5) is 0 Å². The van der Waals surface area contributed by atoms with Crippen molar-refractivity contribution in [1.29, 1.82) is 0 Å². The first kappa shape index (κ1) is 36.4. The van der Waals surface area contributed by atoms with Gasteiger partial charge >= 0.3 is 250 Å². The molecule has 0 aliphatic heterocycles. The molecule has 0 N–H and O–H groups in total. The molecule has 3 heteroatoms. The normalized spacial score (nSPS) is 16.6. The summed E-state index contributed by atoms with van der Waals surface area (Å²) in [6.07, 6.45) is 7.86. The molecule has 1 atom stereocenters. The maximum Gasteiger partial charge on any atom is -1.00 e. The molecule has 4 rings (SSSR count). The van der Waals surface area contributed by atoms with Crippen LogP contribution in [0.5, 0.6) is 0 Å². The number of aryl methyl sites for hydroxylation is 2. The van der Waals surface area contributed by atoms with Crippen LogP contribution in [-0.2, 0) is 32.1 Å². The number of rotatable bonds is 4. The molecule has 2 aromatic rings. The van der Waals surface area contributed by atoms with E-state index < -0.39 is 21.3 Å². The van der Waals surface area contributed by atoms with E-state index in [0.29, 0.717) is 9.54 Å². The van der Waals surface area contributed by atoms with Crippen molar-refractivity contribution in [3.8, 4) is 11.1 Å². The first-order valence-corrected chi connectivity index (χ1v) is 19.2. The van der Waals surface area contributed by atoms with E-state index in [-0.39, 0.29) is 41.1 Å². The Labute approximate surface area is 272 Å². The summed E-state index contributed by atoms with van der Waals surface area (Å²) in [4.78, 5) is 0. The first-order valence-electron chi connectivity index (χ1n) is 15.3. The van der Waals surface area contributed by atoms with E-state index in [0.717, 1.165) is 0 Å². The summed E-state index contributed by atoms with van der Waals surface area (Å²) >= 11 is -2.31. The summed E-state index contributed by atoms with van der Waals surface area (Å²) < 4.78 is 4.12. The molecule has 0 heterocycles. The second-order valence-corrected chi connectivity index (χ2v) is 23.1. The minimum Gasteiger partial charge on any atom is -1.00 e. The van der Waals surface area contributed by atoms with Gasteiger partial charge in [0.15, 0.2) is 0 Å². The summed E-state index contributed by atoms with van der Waals surface area (Å²) in [5.74, 6) is 0.617. The molecule has 2 aromatic carbocycles. The van der Waals surface area contributed by atoms with E-state index in [1.807, 2.05) is 3.28 Å². The van der Waals surface area contributed by atoms with Crippen molar-refractivity contribution in [2.75, 3.05) is 0 Å². The standard InChI is InChI=1S/C23H29.C12H19.C3H6.2ClH.Zr/c1-14-9-16-11-17-10-15(2)21(23(6,7)8)13-19(17)18(16)12-20(14)22(3,4)5;1-5-6-10-7-8-11(9-10)12(2,3)4;1-3-2;;;/h9-13H,1-8H3;8-10H,5-6H2,1-4H3;1-2H3;2*1H;/q;;;;;+2/p-2. The zero-order valence-electron chi connectivity index (χ0n) is 28.3. The number of halogens is 2. The SMILES string of the molecule is CCCC1C=C(C(C)(C)C)C=[C]1[Zr+2](=[C](C)C)[CH]1c2cc(C)c(C(C)(C)C)cc2-c2cc(C(C)(C)C)c(C)cc21.[Cl-].[Cl-]. The molecule has 0 amide bonds. The van der Waals surface area contributed by atoms with Crippen LogP contribution in [0.1, 0.15) is 133 Å². The second-order valence-electron chi connectivity index (χ2n) is 15.7. The third kappa shape index (κ3) is 6.99. The first-order chi connectivity index (χ1) is 17.9. The smallest absolute Gasteiger partial charge is 1.00 e. The largest absolute Gasteiger partial charge is 1.00 e. The van der Waals surface area contributed by atoms with Crippen molar-refractivity contribution in [2.24, 2.45) is 11.3 Å². The van der Waals surface area contributed by atoms with E-state index in [9.17, 15) is 0 Å². The maximum absolute atomic E-state index is 2.69. The van der Waals surface area contributed by atoms with Crippen molar-refractivity contribution in [1.82, 2.24) is 0 Å². The summed E-state index contributed by atoms with van der Waals surface area (Å²) in [5, 5.41) is 0. The second kappa shape index (κ2) is 12.7. The third-order valence-corrected chi connectivity index (χ3v) is 17.4. The Morgan fingerprint density at radius 1 is 0.707 bits per heavy atom. The van der Waals surface area contributed by atoms with Gasteiger partial charge in [-0.05, 0) is 0 Å². The molecule has 0 spiro atoms. The van der Waals surface area contributed by atoms with Crippen LogP contribution < -0.4 is 24.8 Å². The molecular weight excluding hydrogens is 619 g/mol. The van der Waals surface area contributed by atoms with Crippen molar-refractivity contribution in [2.45, 2.75) is 124 Å². The third-order valence-electron chi connectivity index (χ3n) is 9.02. The predicted molar refractivity (Wildman–Crippen MR) is 171 cm³/mol. The quantitative estimate of drug-likeness (QED) is 0.425. The van der Waals surface area contributed by atoms with Gasteiger partial charge < -0.3 is 24.8 Å². The van der Waals surface area contributed by atoms with Crippen LogP contribution in [0.25, 0.3) is 11.1 Å². The van der Waals surface area contributed by atoms with Crippen molar-refractivity contribution < 1.29 is 46.1 Å². The van der Waals surface area contributed by atoms with Crippen LogP contribution >= 0.6 is 0 Å². The summed E-state index contributed by atoms with van der Waals surface area (Å²) in [6, 6.07) is 10.4. The van der Waals surface area contributed by atoms with Gasteiger partial charge in [0, 0.05) is 0 Å². The minimum atomic E-state index is -2.31. The van der Waals surface area contributed by atoms with E-state index in [2.05, 4.69) is 133 Å². The van der Waals surface area contributed by atoms with Gasteiger partial charge in [-0.3, -0.25) is 0 Å². The Balaban J connectivity index is 0.00000294. The van der Waals surface area contributed by atoms with Gasteiger partial charge in [-0.15, -0.1) is 0 Å². The topological polar surface area (TPSA) is 0 Å². The zero-order valence-corrected chi connectivity index (χ0v) is 32.3. The Morgan fingerprint density at radius 2 is 1.15 bits per heavy atom. The molecule has 0 saturated heterocycles. The Kier molecular flexibility index (Phi) is 11.3. The summed E-state index contributed by atoms with van der Waals surface area (Å²) in [5.41, 5.74) is 14.2. The van der Waals surface area contributed by atoms with Gasteiger partial charge in [0.1, 0.15) is 0 Å². The van der Waals surface area contributed by atoms with Crippen LogP contribution in [0, 0.1) is 25.2 Å². The number of hydrogen-bond donors (Lipinski definition) is 0. The van der Waals surface area contributed by atoms with Crippen LogP contribution in [-0.4, -0.2) is 3.21 Å². The molecule has 41 heavy (non-hydrogen) atoms. The Morgan fingerprint density at radius 3 is 1.49 bits per heavy atom. The molecule has 0 saturated carbocycles. The van der Waals surface area contributed by atoms with E-state index in [1.54, 1.807) is 19.9 Å². The molecule has 0 fully saturated rings. The fraction of sp³-hybridized carbons (Fsp3) is 0.553. The van der Waals surface area contributed by atoms with Gasteiger partial charge in [-0.25, -0.2) is 0 Å². The Bertz CT molecular complexity index is 1320. The monoisotopic (exact) mass is 670 g/mol. The van der Waals surface area contributed by atoms with Gasteiger partial charge in [0.2, 0.25) is 0 Å². The average molecular weight is 673 g/mol. The van der Waals surface area contributed by atoms with Crippen molar-refractivity contribution in [3.63, 3.8) is 0 Å². The van der Waals surface area contributed by atoms with E-state index in [1.165, 1.54) is 46.2 Å². The van der Waals surface area contributed by atoms with Crippen LogP contribution in [0.2, 0.25) is 0 Å². The molecule has 0 radical (unpaired) electrons. The fourth-order valence-corrected chi connectivity index (χ4v) is 15.8. The number of hydrogen-bond acceptors (Lipinski definition) is 0. The number of fused-ring (bicyclic) bond motifs is 3. The molecule has 0 aromatic heterocycles. The summed E-state index contributed by atoms with van der Waals surface area (Å²) in [7, 11) is 0. The molecular formula is C38H54Cl2Zr.